The highest BCUT2D eigenvalue weighted by Gasteiger charge is 2.46. The van der Waals surface area contributed by atoms with Gasteiger partial charge in [-0.05, 0) is 48.8 Å². The highest BCUT2D eigenvalue weighted by atomic mass is 16.6. The molecular weight excluding hydrogens is 432 g/mol. The number of hydrogen-bond donors (Lipinski definition) is 1. The third kappa shape index (κ3) is 4.53. The first-order valence-corrected chi connectivity index (χ1v) is 12.0. The number of carbonyl (C=O) groups excluding carboxylic acids is 2. The minimum absolute atomic E-state index is 0.102. The molecule has 1 saturated heterocycles. The minimum Gasteiger partial charge on any atom is -0.507 e. The molecule has 180 valence electrons. The molecule has 2 aromatic carbocycles. The largest absolute Gasteiger partial charge is 0.507 e. The third-order valence-electron chi connectivity index (χ3n) is 6.61. The van der Waals surface area contributed by atoms with Crippen molar-refractivity contribution in [3.8, 4) is 11.5 Å². The highest BCUT2D eigenvalue weighted by molar-refractivity contribution is 6.46. The Kier molecular flexibility index (Phi) is 7.22. The first kappa shape index (κ1) is 23.8. The number of ketones is 1. The van der Waals surface area contributed by atoms with E-state index in [0.29, 0.717) is 43.4 Å². The van der Waals surface area contributed by atoms with Crippen LogP contribution in [0.1, 0.15) is 43.5 Å². The lowest BCUT2D eigenvalue weighted by atomic mass is 9.94. The summed E-state index contributed by atoms with van der Waals surface area (Å²) in [5.74, 6) is -0.360. The Labute approximate surface area is 200 Å². The van der Waals surface area contributed by atoms with E-state index in [9.17, 15) is 14.7 Å². The number of carbonyl (C=O) groups is 2. The Morgan fingerprint density at radius 2 is 1.68 bits per heavy atom. The summed E-state index contributed by atoms with van der Waals surface area (Å²) in [6.07, 6.45) is 0.889. The molecule has 34 heavy (non-hydrogen) atoms. The van der Waals surface area contributed by atoms with Crippen molar-refractivity contribution >= 4 is 17.4 Å². The number of benzene rings is 2. The van der Waals surface area contributed by atoms with Gasteiger partial charge in [0, 0.05) is 18.7 Å². The van der Waals surface area contributed by atoms with Crippen LogP contribution in [-0.4, -0.2) is 66.0 Å². The Balaban J connectivity index is 1.78. The molecule has 1 atom stereocenters. The molecule has 2 aromatic rings. The van der Waals surface area contributed by atoms with E-state index in [1.807, 2.05) is 24.3 Å². The average molecular weight is 465 g/mol. The number of likely N-dealkylation sites (tertiary alicyclic amines) is 1. The quantitative estimate of drug-likeness (QED) is 0.364. The van der Waals surface area contributed by atoms with Crippen LogP contribution < -0.4 is 9.47 Å². The summed E-state index contributed by atoms with van der Waals surface area (Å²) in [5.41, 5.74) is 2.48. The van der Waals surface area contributed by atoms with Crippen molar-refractivity contribution in [2.75, 3.05) is 39.4 Å². The molecule has 0 aromatic heterocycles. The van der Waals surface area contributed by atoms with Crippen molar-refractivity contribution in [1.82, 2.24) is 9.80 Å². The van der Waals surface area contributed by atoms with Gasteiger partial charge < -0.3 is 24.4 Å². The molecule has 0 bridgehead atoms. The van der Waals surface area contributed by atoms with Gasteiger partial charge in [0.2, 0.25) is 0 Å². The van der Waals surface area contributed by atoms with Gasteiger partial charge in [0.1, 0.15) is 19.0 Å². The summed E-state index contributed by atoms with van der Waals surface area (Å²) < 4.78 is 11.2. The predicted molar refractivity (Wildman–Crippen MR) is 130 cm³/mol. The Morgan fingerprint density at radius 1 is 1.00 bits per heavy atom. The van der Waals surface area contributed by atoms with E-state index in [0.717, 1.165) is 30.6 Å². The molecule has 7 heteroatoms. The van der Waals surface area contributed by atoms with Gasteiger partial charge in [0.25, 0.3) is 11.7 Å². The van der Waals surface area contributed by atoms with Crippen molar-refractivity contribution in [2.45, 2.75) is 33.2 Å². The summed E-state index contributed by atoms with van der Waals surface area (Å²) in [6.45, 7) is 9.84. The summed E-state index contributed by atoms with van der Waals surface area (Å²) >= 11 is 0. The van der Waals surface area contributed by atoms with Crippen molar-refractivity contribution in [3.63, 3.8) is 0 Å². The standard InChI is InChI=1S/C27H32N2O5/c1-4-18-7-9-19(10-8-18)24-23(26(31)27(32)29(24)14-13-28(5-2)6-3)25(30)20-11-12-21-22(17-20)34-16-15-33-21/h7-12,17,24,30H,4-6,13-16H2,1-3H3/b25-23+. The number of hydrogen-bond acceptors (Lipinski definition) is 6. The van der Waals surface area contributed by atoms with E-state index < -0.39 is 17.7 Å². The van der Waals surface area contributed by atoms with E-state index in [1.54, 1.807) is 23.1 Å². The first-order valence-electron chi connectivity index (χ1n) is 12.0. The molecular formula is C27H32N2O5. The van der Waals surface area contributed by atoms with Crippen LogP contribution in [0.2, 0.25) is 0 Å². The molecule has 0 radical (unpaired) electrons. The number of ether oxygens (including phenoxy) is 2. The minimum atomic E-state index is -0.670. The molecule has 2 aliphatic rings. The predicted octanol–water partition coefficient (Wildman–Crippen LogP) is 3.78. The number of likely N-dealkylation sites (N-methyl/N-ethyl adjacent to an activating group) is 1. The van der Waals surface area contributed by atoms with E-state index >= 15 is 0 Å². The van der Waals surface area contributed by atoms with Crippen molar-refractivity contribution < 1.29 is 24.2 Å². The number of amides is 1. The van der Waals surface area contributed by atoms with Crippen LogP contribution in [0.25, 0.3) is 5.76 Å². The fourth-order valence-corrected chi connectivity index (χ4v) is 4.53. The molecule has 1 fully saturated rings. The molecule has 1 N–H and O–H groups in total. The maximum absolute atomic E-state index is 13.2. The van der Waals surface area contributed by atoms with Crippen LogP contribution in [0.15, 0.2) is 48.0 Å². The monoisotopic (exact) mass is 464 g/mol. The van der Waals surface area contributed by atoms with Gasteiger partial charge in [-0.2, -0.15) is 0 Å². The second-order valence-electron chi connectivity index (χ2n) is 8.47. The molecule has 0 saturated carbocycles. The molecule has 1 amide bonds. The molecule has 7 nitrogen and oxygen atoms in total. The first-order chi connectivity index (χ1) is 16.5. The number of aryl methyl sites for hydroxylation is 1. The zero-order valence-electron chi connectivity index (χ0n) is 20.0. The lowest BCUT2D eigenvalue weighted by Gasteiger charge is -2.28. The lowest BCUT2D eigenvalue weighted by Crippen LogP contribution is -2.38. The van der Waals surface area contributed by atoms with Crippen LogP contribution in [0.3, 0.4) is 0 Å². The van der Waals surface area contributed by atoms with Crippen molar-refractivity contribution in [1.29, 1.82) is 0 Å². The number of rotatable bonds is 8. The number of fused-ring (bicyclic) bond motifs is 1. The van der Waals surface area contributed by atoms with E-state index in [-0.39, 0.29) is 11.3 Å². The maximum atomic E-state index is 13.2. The second kappa shape index (κ2) is 10.3. The van der Waals surface area contributed by atoms with Crippen LogP contribution in [0, 0.1) is 0 Å². The fraction of sp³-hybridized carbons (Fsp3) is 0.407. The normalized spacial score (nSPS) is 19.2. The van der Waals surface area contributed by atoms with Gasteiger partial charge in [-0.1, -0.05) is 45.0 Å². The van der Waals surface area contributed by atoms with Crippen LogP contribution in [-0.2, 0) is 16.0 Å². The van der Waals surface area contributed by atoms with Gasteiger partial charge in [-0.3, -0.25) is 9.59 Å². The fourth-order valence-electron chi connectivity index (χ4n) is 4.53. The van der Waals surface area contributed by atoms with Crippen LogP contribution >= 0.6 is 0 Å². The number of aliphatic hydroxyl groups is 1. The smallest absolute Gasteiger partial charge is 0.295 e. The van der Waals surface area contributed by atoms with Crippen molar-refractivity contribution in [3.05, 3.63) is 64.7 Å². The molecule has 0 aliphatic carbocycles. The summed E-state index contributed by atoms with van der Waals surface area (Å²) in [4.78, 5) is 30.2. The van der Waals surface area contributed by atoms with Gasteiger partial charge in [-0.25, -0.2) is 0 Å². The Bertz CT molecular complexity index is 1090. The van der Waals surface area contributed by atoms with E-state index in [2.05, 4.69) is 25.7 Å². The summed E-state index contributed by atoms with van der Waals surface area (Å²) in [7, 11) is 0. The number of Topliss-reactive ketones (excluding diaryl/α,β-unsaturated/α-hetero) is 1. The van der Waals surface area contributed by atoms with Gasteiger partial charge in [-0.15, -0.1) is 0 Å². The van der Waals surface area contributed by atoms with Gasteiger partial charge >= 0.3 is 0 Å². The van der Waals surface area contributed by atoms with Gasteiger partial charge in [0.05, 0.1) is 11.6 Å². The molecule has 1 unspecified atom stereocenters. The zero-order valence-corrected chi connectivity index (χ0v) is 20.0. The van der Waals surface area contributed by atoms with Crippen molar-refractivity contribution in [2.24, 2.45) is 0 Å². The SMILES string of the molecule is CCc1ccc(C2/C(=C(\O)c3ccc4c(c3)OCCO4)C(=O)C(=O)N2CCN(CC)CC)cc1. The van der Waals surface area contributed by atoms with E-state index in [1.165, 1.54) is 0 Å². The zero-order chi connectivity index (χ0) is 24.2. The average Bonchev–Trinajstić information content (AvgIpc) is 3.13. The molecule has 2 heterocycles. The number of nitrogens with zero attached hydrogens (tertiary/aromatic N) is 2. The van der Waals surface area contributed by atoms with E-state index in [4.69, 9.17) is 9.47 Å². The Hall–Kier alpha value is -3.32. The van der Waals surface area contributed by atoms with Gasteiger partial charge in [0.15, 0.2) is 11.5 Å². The molecule has 0 spiro atoms. The summed E-state index contributed by atoms with van der Waals surface area (Å²) in [6, 6.07) is 12.3. The summed E-state index contributed by atoms with van der Waals surface area (Å²) in [5, 5.41) is 11.3. The Morgan fingerprint density at radius 3 is 2.32 bits per heavy atom. The topological polar surface area (TPSA) is 79.3 Å². The van der Waals surface area contributed by atoms with Crippen LogP contribution in [0.5, 0.6) is 11.5 Å². The lowest BCUT2D eigenvalue weighted by molar-refractivity contribution is -0.140. The molecule has 2 aliphatic heterocycles. The third-order valence-corrected chi connectivity index (χ3v) is 6.61. The highest BCUT2D eigenvalue weighted by Crippen LogP contribution is 2.41. The van der Waals surface area contributed by atoms with Crippen LogP contribution in [0.4, 0.5) is 0 Å². The second-order valence-corrected chi connectivity index (χ2v) is 8.47. The maximum Gasteiger partial charge on any atom is 0.295 e. The number of aliphatic hydroxyl groups excluding tert-OH is 1. The molecule has 4 rings (SSSR count).